The molecular weight excluding hydrogens is 368 g/mol. The van der Waals surface area contributed by atoms with Crippen LogP contribution in [0.5, 0.6) is 0 Å². The van der Waals surface area contributed by atoms with Crippen molar-refractivity contribution >= 4 is 32.7 Å². The van der Waals surface area contributed by atoms with E-state index in [1.54, 1.807) is 12.1 Å². The van der Waals surface area contributed by atoms with Gasteiger partial charge in [-0.05, 0) is 42.7 Å². The van der Waals surface area contributed by atoms with E-state index in [0.29, 0.717) is 19.4 Å². The molecule has 3 rings (SSSR count). The molecule has 7 nitrogen and oxygen atoms in total. The summed E-state index contributed by atoms with van der Waals surface area (Å²) in [5.74, 6) is -1.40. The lowest BCUT2D eigenvalue weighted by atomic mass is 9.99. The van der Waals surface area contributed by atoms with Crippen LogP contribution in [0.2, 0.25) is 0 Å². The smallest absolute Gasteiger partial charge is 0.329 e. The molecule has 1 amide bonds. The third-order valence-corrected chi connectivity index (χ3v) is 6.52. The number of hydrogen-bond donors (Lipinski definition) is 2. The number of sulfonamides is 1. The van der Waals surface area contributed by atoms with Gasteiger partial charge in [0.05, 0.1) is 4.90 Å². The lowest BCUT2D eigenvalue weighted by Gasteiger charge is -2.31. The van der Waals surface area contributed by atoms with Gasteiger partial charge in [-0.15, -0.1) is 0 Å². The molecule has 0 spiro atoms. The normalized spacial score (nSPS) is 20.1. The number of carboxylic acid groups (broad SMARTS) is 1. The van der Waals surface area contributed by atoms with E-state index in [2.05, 4.69) is 4.72 Å². The Morgan fingerprint density at radius 2 is 1.89 bits per heavy atom. The van der Waals surface area contributed by atoms with Crippen LogP contribution >= 0.6 is 0 Å². The van der Waals surface area contributed by atoms with Crippen LogP contribution in [0.25, 0.3) is 10.8 Å². The third-order valence-electron chi connectivity index (χ3n) is 5.07. The van der Waals surface area contributed by atoms with Crippen LogP contribution in [0.3, 0.4) is 0 Å². The zero-order chi connectivity index (χ0) is 19.7. The molecule has 0 bridgehead atoms. The number of likely N-dealkylation sites (tertiary alicyclic amines) is 1. The molecule has 1 aliphatic rings. The Bertz CT molecular complexity index is 989. The maximum Gasteiger partial charge on any atom is 0.329 e. The van der Waals surface area contributed by atoms with E-state index in [4.69, 9.17) is 0 Å². The SMILES string of the molecule is CC1(C(=O)O)CCCN1C(=O)CCNS(=O)(=O)c1ccc2ccccc2c1. The third kappa shape index (κ3) is 3.81. The van der Waals surface area contributed by atoms with Gasteiger partial charge in [-0.25, -0.2) is 17.9 Å². The van der Waals surface area contributed by atoms with Crippen LogP contribution in [0.15, 0.2) is 47.4 Å². The van der Waals surface area contributed by atoms with E-state index in [-0.39, 0.29) is 23.8 Å². The second-order valence-corrected chi connectivity index (χ2v) is 8.65. The first kappa shape index (κ1) is 19.3. The molecule has 0 radical (unpaired) electrons. The van der Waals surface area contributed by atoms with E-state index >= 15 is 0 Å². The summed E-state index contributed by atoms with van der Waals surface area (Å²) in [6.45, 7) is 1.82. The van der Waals surface area contributed by atoms with Crippen molar-refractivity contribution in [3.63, 3.8) is 0 Å². The predicted octanol–water partition coefficient (Wildman–Crippen LogP) is 1.97. The summed E-state index contributed by atoms with van der Waals surface area (Å²) in [5, 5.41) is 11.1. The average Bonchev–Trinajstić information content (AvgIpc) is 3.04. The molecule has 0 aliphatic carbocycles. The molecule has 2 aromatic rings. The van der Waals surface area contributed by atoms with Crippen LogP contribution in [0.1, 0.15) is 26.2 Å². The lowest BCUT2D eigenvalue weighted by Crippen LogP contribution is -2.51. The fourth-order valence-electron chi connectivity index (χ4n) is 3.43. The van der Waals surface area contributed by atoms with Gasteiger partial charge in [0.25, 0.3) is 0 Å². The maximum atomic E-state index is 12.5. The Hall–Kier alpha value is -2.45. The van der Waals surface area contributed by atoms with Gasteiger partial charge in [-0.3, -0.25) is 4.79 Å². The number of benzene rings is 2. The molecule has 1 fully saturated rings. The highest BCUT2D eigenvalue weighted by molar-refractivity contribution is 7.89. The quantitative estimate of drug-likeness (QED) is 0.785. The van der Waals surface area contributed by atoms with Crippen molar-refractivity contribution in [2.75, 3.05) is 13.1 Å². The number of nitrogens with zero attached hydrogens (tertiary/aromatic N) is 1. The number of carbonyl (C=O) groups excluding carboxylic acids is 1. The van der Waals surface area contributed by atoms with E-state index in [1.807, 2.05) is 24.3 Å². The van der Waals surface area contributed by atoms with E-state index in [1.165, 1.54) is 17.9 Å². The summed E-state index contributed by atoms with van der Waals surface area (Å²) in [6.07, 6.45) is 0.934. The summed E-state index contributed by atoms with van der Waals surface area (Å²) < 4.78 is 27.4. The number of aliphatic carboxylic acids is 1. The van der Waals surface area contributed by atoms with E-state index in [0.717, 1.165) is 10.8 Å². The van der Waals surface area contributed by atoms with Gasteiger partial charge in [-0.2, -0.15) is 0 Å². The van der Waals surface area contributed by atoms with Crippen molar-refractivity contribution in [1.82, 2.24) is 9.62 Å². The van der Waals surface area contributed by atoms with Crippen molar-refractivity contribution in [1.29, 1.82) is 0 Å². The highest BCUT2D eigenvalue weighted by Crippen LogP contribution is 2.29. The number of nitrogens with one attached hydrogen (secondary N) is 1. The Morgan fingerprint density at radius 3 is 2.59 bits per heavy atom. The second kappa shape index (κ2) is 7.28. The van der Waals surface area contributed by atoms with Gasteiger partial charge in [0, 0.05) is 19.5 Å². The monoisotopic (exact) mass is 390 g/mol. The Morgan fingerprint density at radius 1 is 1.19 bits per heavy atom. The van der Waals surface area contributed by atoms with Gasteiger partial charge in [0.2, 0.25) is 15.9 Å². The van der Waals surface area contributed by atoms with Gasteiger partial charge in [0.15, 0.2) is 0 Å². The molecule has 0 aromatic heterocycles. The summed E-state index contributed by atoms with van der Waals surface area (Å²) in [5.41, 5.74) is -1.21. The largest absolute Gasteiger partial charge is 0.480 e. The fourth-order valence-corrected chi connectivity index (χ4v) is 4.50. The van der Waals surface area contributed by atoms with Crippen LogP contribution in [0, 0.1) is 0 Å². The van der Waals surface area contributed by atoms with Crippen LogP contribution in [0.4, 0.5) is 0 Å². The number of hydrogen-bond acceptors (Lipinski definition) is 4. The fraction of sp³-hybridized carbons (Fsp3) is 0.368. The Kier molecular flexibility index (Phi) is 5.21. The highest BCUT2D eigenvalue weighted by atomic mass is 32.2. The molecule has 0 saturated carbocycles. The van der Waals surface area contributed by atoms with E-state index in [9.17, 15) is 23.1 Å². The molecule has 1 saturated heterocycles. The van der Waals surface area contributed by atoms with Crippen molar-refractivity contribution in [3.05, 3.63) is 42.5 Å². The van der Waals surface area contributed by atoms with Crippen molar-refractivity contribution in [2.24, 2.45) is 0 Å². The molecule has 1 unspecified atom stereocenters. The summed E-state index contributed by atoms with van der Waals surface area (Å²) >= 11 is 0. The Labute approximate surface area is 158 Å². The molecule has 1 aliphatic heterocycles. The zero-order valence-electron chi connectivity index (χ0n) is 15.0. The molecule has 1 heterocycles. The second-order valence-electron chi connectivity index (χ2n) is 6.88. The molecule has 27 heavy (non-hydrogen) atoms. The first-order valence-electron chi connectivity index (χ1n) is 8.76. The van der Waals surface area contributed by atoms with Gasteiger partial charge < -0.3 is 10.0 Å². The zero-order valence-corrected chi connectivity index (χ0v) is 15.8. The van der Waals surface area contributed by atoms with Gasteiger partial charge >= 0.3 is 5.97 Å². The molecule has 2 N–H and O–H groups in total. The minimum Gasteiger partial charge on any atom is -0.480 e. The standard InChI is InChI=1S/C19H22N2O5S/c1-19(18(23)24)10-4-12-21(19)17(22)9-11-20-27(25,26)16-8-7-14-5-2-3-6-15(14)13-16/h2-3,5-8,13,20H,4,9-12H2,1H3,(H,23,24). The van der Waals surface area contributed by atoms with Gasteiger partial charge in [-0.1, -0.05) is 30.3 Å². The number of amides is 1. The van der Waals surface area contributed by atoms with Crippen molar-refractivity contribution < 1.29 is 23.1 Å². The number of fused-ring (bicyclic) bond motifs is 1. The highest BCUT2D eigenvalue weighted by Gasteiger charge is 2.45. The summed E-state index contributed by atoms with van der Waals surface area (Å²) in [7, 11) is -3.75. The molecule has 144 valence electrons. The summed E-state index contributed by atoms with van der Waals surface area (Å²) in [4.78, 5) is 25.3. The van der Waals surface area contributed by atoms with Crippen molar-refractivity contribution in [3.8, 4) is 0 Å². The molecule has 1 atom stereocenters. The van der Waals surface area contributed by atoms with Crippen LogP contribution in [-0.4, -0.2) is 48.9 Å². The minimum absolute atomic E-state index is 0.0831. The topological polar surface area (TPSA) is 104 Å². The molecular formula is C19H22N2O5S. The van der Waals surface area contributed by atoms with Gasteiger partial charge in [0.1, 0.15) is 5.54 Å². The maximum absolute atomic E-state index is 12.5. The predicted molar refractivity (Wildman–Crippen MR) is 101 cm³/mol. The number of carbonyl (C=O) groups is 2. The van der Waals surface area contributed by atoms with E-state index < -0.39 is 21.5 Å². The number of carboxylic acids is 1. The van der Waals surface area contributed by atoms with Crippen LogP contribution in [-0.2, 0) is 19.6 Å². The average molecular weight is 390 g/mol. The Balaban J connectivity index is 1.65. The van der Waals surface area contributed by atoms with Crippen molar-refractivity contribution in [2.45, 2.75) is 36.6 Å². The van der Waals surface area contributed by atoms with Crippen LogP contribution < -0.4 is 4.72 Å². The summed E-state index contributed by atoms with van der Waals surface area (Å²) in [6, 6.07) is 12.3. The first-order valence-corrected chi connectivity index (χ1v) is 10.2. The minimum atomic E-state index is -3.75. The lowest BCUT2D eigenvalue weighted by molar-refractivity contribution is -0.155. The molecule has 8 heteroatoms. The number of rotatable bonds is 6. The first-order chi connectivity index (χ1) is 12.7. The molecule has 2 aromatic carbocycles.